The third-order valence-corrected chi connectivity index (χ3v) is 3.51. The Bertz CT molecular complexity index is 766. The molecule has 2 rings (SSSR count). The highest BCUT2D eigenvalue weighted by Crippen LogP contribution is 2.35. The van der Waals surface area contributed by atoms with Crippen LogP contribution in [0.15, 0.2) is 35.6 Å². The van der Waals surface area contributed by atoms with E-state index in [2.05, 4.69) is 15.5 Å². The first-order chi connectivity index (χ1) is 11.6. The second kappa shape index (κ2) is 8.52. The van der Waals surface area contributed by atoms with E-state index >= 15 is 0 Å². The molecule has 0 spiro atoms. The van der Waals surface area contributed by atoms with Gasteiger partial charge in [-0.3, -0.25) is 4.79 Å². The molecule has 1 amide bonds. The van der Waals surface area contributed by atoms with Crippen LogP contribution in [0, 0.1) is 0 Å². The van der Waals surface area contributed by atoms with Crippen LogP contribution >= 0.6 is 23.2 Å². The lowest BCUT2D eigenvalue weighted by Crippen LogP contribution is -2.18. The standard InChI is InChI=1S/C16H15Cl2N3O3/c1-3-24-14-12(17)7-10(8-13(14)23-2)9-20-21-16(22)11-5-4-6-19-15(11)18/h4-9H,3H2,1-2H3,(H,21,22). The number of benzene rings is 1. The van der Waals surface area contributed by atoms with Crippen LogP contribution in [0.3, 0.4) is 0 Å². The van der Waals surface area contributed by atoms with Crippen molar-refractivity contribution < 1.29 is 14.3 Å². The van der Waals surface area contributed by atoms with Crippen LogP contribution in [-0.4, -0.2) is 30.8 Å². The van der Waals surface area contributed by atoms with Crippen molar-refractivity contribution in [1.29, 1.82) is 0 Å². The van der Waals surface area contributed by atoms with Gasteiger partial charge in [0.15, 0.2) is 11.5 Å². The Labute approximate surface area is 149 Å². The molecule has 126 valence electrons. The van der Waals surface area contributed by atoms with Crippen molar-refractivity contribution in [3.63, 3.8) is 0 Å². The summed E-state index contributed by atoms with van der Waals surface area (Å²) in [6, 6.07) is 6.52. The van der Waals surface area contributed by atoms with E-state index in [4.69, 9.17) is 32.7 Å². The fraction of sp³-hybridized carbons (Fsp3) is 0.188. The predicted octanol–water partition coefficient (Wildman–Crippen LogP) is 3.56. The number of hydrogen-bond acceptors (Lipinski definition) is 5. The lowest BCUT2D eigenvalue weighted by atomic mass is 10.2. The monoisotopic (exact) mass is 367 g/mol. The van der Waals surface area contributed by atoms with E-state index in [1.165, 1.54) is 19.5 Å². The number of carbonyl (C=O) groups is 1. The molecule has 0 bridgehead atoms. The summed E-state index contributed by atoms with van der Waals surface area (Å²) in [5.74, 6) is 0.478. The molecule has 0 aliphatic heterocycles. The normalized spacial score (nSPS) is 10.7. The fourth-order valence-corrected chi connectivity index (χ4v) is 2.36. The van der Waals surface area contributed by atoms with E-state index in [0.29, 0.717) is 28.7 Å². The molecular formula is C16H15Cl2N3O3. The summed E-state index contributed by atoms with van der Waals surface area (Å²) in [5.41, 5.74) is 3.25. The molecule has 1 aromatic heterocycles. The van der Waals surface area contributed by atoms with Crippen LogP contribution in [0.25, 0.3) is 0 Å². The van der Waals surface area contributed by atoms with E-state index in [0.717, 1.165) is 0 Å². The first-order valence-corrected chi connectivity index (χ1v) is 7.76. The van der Waals surface area contributed by atoms with Gasteiger partial charge in [0.1, 0.15) is 5.15 Å². The minimum Gasteiger partial charge on any atom is -0.493 e. The van der Waals surface area contributed by atoms with Gasteiger partial charge in [0.05, 0.1) is 30.5 Å². The third kappa shape index (κ3) is 4.37. The van der Waals surface area contributed by atoms with Gasteiger partial charge >= 0.3 is 0 Å². The summed E-state index contributed by atoms with van der Waals surface area (Å²) >= 11 is 12.0. The number of methoxy groups -OCH3 is 1. The smallest absolute Gasteiger partial charge is 0.274 e. The molecule has 0 fully saturated rings. The lowest BCUT2D eigenvalue weighted by Gasteiger charge is -2.11. The maximum atomic E-state index is 12.0. The van der Waals surface area contributed by atoms with Gasteiger partial charge < -0.3 is 9.47 Å². The van der Waals surface area contributed by atoms with Crippen LogP contribution in [0.5, 0.6) is 11.5 Å². The Morgan fingerprint density at radius 1 is 1.42 bits per heavy atom. The van der Waals surface area contributed by atoms with Crippen LogP contribution in [-0.2, 0) is 0 Å². The van der Waals surface area contributed by atoms with Crippen molar-refractivity contribution in [3.8, 4) is 11.5 Å². The Hall–Kier alpha value is -2.31. The number of aromatic nitrogens is 1. The van der Waals surface area contributed by atoms with E-state index < -0.39 is 5.91 Å². The van der Waals surface area contributed by atoms with Crippen LogP contribution in [0.2, 0.25) is 10.2 Å². The summed E-state index contributed by atoms with van der Waals surface area (Å²) in [6.45, 7) is 2.32. The van der Waals surface area contributed by atoms with Crippen molar-refractivity contribution in [2.24, 2.45) is 5.10 Å². The summed E-state index contributed by atoms with van der Waals surface area (Å²) in [6.07, 6.45) is 2.93. The summed E-state index contributed by atoms with van der Waals surface area (Å²) in [5, 5.41) is 4.38. The Morgan fingerprint density at radius 3 is 2.88 bits per heavy atom. The van der Waals surface area contributed by atoms with Gasteiger partial charge in [0.2, 0.25) is 0 Å². The highest BCUT2D eigenvalue weighted by Gasteiger charge is 2.12. The molecule has 0 radical (unpaired) electrons. The van der Waals surface area contributed by atoms with E-state index in [-0.39, 0.29) is 10.7 Å². The van der Waals surface area contributed by atoms with Gasteiger partial charge in [-0.1, -0.05) is 23.2 Å². The van der Waals surface area contributed by atoms with Gasteiger partial charge in [0, 0.05) is 6.20 Å². The molecule has 2 aromatic rings. The van der Waals surface area contributed by atoms with E-state index in [9.17, 15) is 4.79 Å². The minimum absolute atomic E-state index is 0.107. The zero-order chi connectivity index (χ0) is 17.5. The van der Waals surface area contributed by atoms with Gasteiger partial charge in [-0.2, -0.15) is 5.10 Å². The van der Waals surface area contributed by atoms with Crippen LogP contribution < -0.4 is 14.9 Å². The van der Waals surface area contributed by atoms with Gasteiger partial charge in [-0.05, 0) is 36.8 Å². The molecule has 8 heteroatoms. The van der Waals surface area contributed by atoms with Crippen molar-refractivity contribution in [2.45, 2.75) is 6.92 Å². The first-order valence-electron chi connectivity index (χ1n) is 7.01. The molecule has 0 saturated heterocycles. The van der Waals surface area contributed by atoms with Crippen molar-refractivity contribution >= 4 is 35.3 Å². The van der Waals surface area contributed by atoms with Crippen molar-refractivity contribution in [2.75, 3.05) is 13.7 Å². The van der Waals surface area contributed by atoms with Gasteiger partial charge in [0.25, 0.3) is 5.91 Å². The highest BCUT2D eigenvalue weighted by atomic mass is 35.5. The Balaban J connectivity index is 2.13. The van der Waals surface area contributed by atoms with Gasteiger partial charge in [-0.25, -0.2) is 10.4 Å². The summed E-state index contributed by atoms with van der Waals surface area (Å²) in [7, 11) is 1.52. The maximum absolute atomic E-state index is 12.0. The largest absolute Gasteiger partial charge is 0.493 e. The average Bonchev–Trinajstić information content (AvgIpc) is 2.57. The number of hydrogen-bond donors (Lipinski definition) is 1. The van der Waals surface area contributed by atoms with Crippen molar-refractivity contribution in [3.05, 3.63) is 51.8 Å². The SMILES string of the molecule is CCOc1c(Cl)cc(C=NNC(=O)c2cccnc2Cl)cc1OC. The third-order valence-electron chi connectivity index (χ3n) is 2.92. The number of nitrogens with zero attached hydrogens (tertiary/aromatic N) is 2. The summed E-state index contributed by atoms with van der Waals surface area (Å²) in [4.78, 5) is 15.8. The highest BCUT2D eigenvalue weighted by molar-refractivity contribution is 6.33. The van der Waals surface area contributed by atoms with E-state index in [1.54, 1.807) is 24.3 Å². The number of ether oxygens (including phenoxy) is 2. The Morgan fingerprint density at radius 2 is 2.21 bits per heavy atom. The molecular weight excluding hydrogens is 353 g/mol. The van der Waals surface area contributed by atoms with Crippen LogP contribution in [0.1, 0.15) is 22.8 Å². The number of carbonyl (C=O) groups excluding carboxylic acids is 1. The second-order valence-corrected chi connectivity index (χ2v) is 5.27. The number of hydrazone groups is 1. The number of halogens is 2. The molecule has 0 atom stereocenters. The van der Waals surface area contributed by atoms with Crippen LogP contribution in [0.4, 0.5) is 0 Å². The average molecular weight is 368 g/mol. The number of pyridine rings is 1. The lowest BCUT2D eigenvalue weighted by molar-refractivity contribution is 0.0955. The maximum Gasteiger partial charge on any atom is 0.274 e. The molecule has 0 unspecified atom stereocenters. The molecule has 24 heavy (non-hydrogen) atoms. The molecule has 1 N–H and O–H groups in total. The predicted molar refractivity (Wildman–Crippen MR) is 93.5 cm³/mol. The molecule has 0 aliphatic rings. The van der Waals surface area contributed by atoms with Crippen molar-refractivity contribution in [1.82, 2.24) is 10.4 Å². The molecule has 0 aliphatic carbocycles. The Kier molecular flexibility index (Phi) is 6.40. The number of nitrogens with one attached hydrogen (secondary N) is 1. The topological polar surface area (TPSA) is 72.8 Å². The molecule has 6 nitrogen and oxygen atoms in total. The molecule has 0 saturated carbocycles. The zero-order valence-electron chi connectivity index (χ0n) is 13.0. The zero-order valence-corrected chi connectivity index (χ0v) is 14.6. The fourth-order valence-electron chi connectivity index (χ4n) is 1.88. The molecule has 1 aromatic carbocycles. The number of amides is 1. The minimum atomic E-state index is -0.464. The summed E-state index contributed by atoms with van der Waals surface area (Å²) < 4.78 is 10.7. The molecule has 1 heterocycles. The van der Waals surface area contributed by atoms with E-state index in [1.807, 2.05) is 6.92 Å². The first kappa shape index (κ1) is 18.0. The second-order valence-electron chi connectivity index (χ2n) is 4.51. The number of rotatable bonds is 6. The van der Waals surface area contributed by atoms with Gasteiger partial charge in [-0.15, -0.1) is 0 Å². The quantitative estimate of drug-likeness (QED) is 0.481.